The quantitative estimate of drug-likeness (QED) is 0.884. The lowest BCUT2D eigenvalue weighted by molar-refractivity contribution is -0.133. The Bertz CT molecular complexity index is 633. The van der Waals surface area contributed by atoms with E-state index in [1.165, 1.54) is 5.56 Å². The lowest BCUT2D eigenvalue weighted by Crippen LogP contribution is -2.52. The van der Waals surface area contributed by atoms with Gasteiger partial charge in [0, 0.05) is 39.3 Å². The number of hydrogen-bond donors (Lipinski definition) is 1. The Morgan fingerprint density at radius 3 is 2.32 bits per heavy atom. The van der Waals surface area contributed by atoms with Crippen molar-refractivity contribution in [3.8, 4) is 0 Å². The maximum atomic E-state index is 13.2. The van der Waals surface area contributed by atoms with Crippen molar-refractivity contribution in [2.45, 2.75) is 37.3 Å². The number of amides is 1. The van der Waals surface area contributed by atoms with Crippen LogP contribution < -0.4 is 0 Å². The molecule has 3 fully saturated rings. The standard InChI is InChI=1S/C20H29N3O2/c1-15-3-5-16(6-4-15)20(7-8-20)19(25)23-13-17(18(24)14-23)22-11-9-21(2)10-12-22/h3-6,17-18,24H,7-14H2,1-2H3/t17-,18-/m1/s1. The van der Waals surface area contributed by atoms with Crippen LogP contribution in [0.3, 0.4) is 0 Å². The molecule has 0 aromatic heterocycles. The molecule has 1 aromatic rings. The summed E-state index contributed by atoms with van der Waals surface area (Å²) >= 11 is 0. The first-order chi connectivity index (χ1) is 12.0. The number of aliphatic hydroxyl groups excluding tert-OH is 1. The fourth-order valence-electron chi connectivity index (χ4n) is 4.37. The number of hydrogen-bond acceptors (Lipinski definition) is 4. The fraction of sp³-hybridized carbons (Fsp3) is 0.650. The molecule has 0 unspecified atom stereocenters. The van der Waals surface area contributed by atoms with E-state index < -0.39 is 6.10 Å². The number of likely N-dealkylation sites (tertiary alicyclic amines) is 1. The second-order valence-corrected chi connectivity index (χ2v) is 8.13. The number of nitrogens with zero attached hydrogens (tertiary/aromatic N) is 3. The van der Waals surface area contributed by atoms with E-state index in [0.29, 0.717) is 13.1 Å². The third kappa shape index (κ3) is 3.09. The van der Waals surface area contributed by atoms with Gasteiger partial charge in [-0.05, 0) is 32.4 Å². The minimum absolute atomic E-state index is 0.0893. The highest BCUT2D eigenvalue weighted by Gasteiger charge is 2.54. The molecule has 1 saturated carbocycles. The molecular formula is C20H29N3O2. The van der Waals surface area contributed by atoms with Gasteiger partial charge in [-0.15, -0.1) is 0 Å². The summed E-state index contributed by atoms with van der Waals surface area (Å²) in [6.07, 6.45) is 1.43. The highest BCUT2D eigenvalue weighted by molar-refractivity contribution is 5.91. The van der Waals surface area contributed by atoms with Gasteiger partial charge in [0.05, 0.1) is 17.6 Å². The summed E-state index contributed by atoms with van der Waals surface area (Å²) in [5.74, 6) is 0.215. The largest absolute Gasteiger partial charge is 0.390 e. The Morgan fingerprint density at radius 2 is 1.72 bits per heavy atom. The summed E-state index contributed by atoms with van der Waals surface area (Å²) in [4.78, 5) is 19.8. The molecule has 5 heteroatoms. The smallest absolute Gasteiger partial charge is 0.233 e. The Labute approximate surface area is 150 Å². The monoisotopic (exact) mass is 343 g/mol. The third-order valence-electron chi connectivity index (χ3n) is 6.32. The van der Waals surface area contributed by atoms with Crippen molar-refractivity contribution < 1.29 is 9.90 Å². The van der Waals surface area contributed by atoms with Gasteiger partial charge in [0.1, 0.15) is 0 Å². The number of aryl methyl sites for hydroxylation is 1. The molecule has 1 amide bonds. The van der Waals surface area contributed by atoms with Crippen LogP contribution in [0.1, 0.15) is 24.0 Å². The van der Waals surface area contributed by atoms with Crippen LogP contribution >= 0.6 is 0 Å². The number of benzene rings is 1. The fourth-order valence-corrected chi connectivity index (χ4v) is 4.37. The Morgan fingerprint density at radius 1 is 1.08 bits per heavy atom. The van der Waals surface area contributed by atoms with Crippen LogP contribution in [0.15, 0.2) is 24.3 Å². The molecule has 0 radical (unpaired) electrons. The molecule has 25 heavy (non-hydrogen) atoms. The van der Waals surface area contributed by atoms with E-state index in [0.717, 1.165) is 44.6 Å². The molecule has 1 N–H and O–H groups in total. The van der Waals surface area contributed by atoms with Gasteiger partial charge in [-0.1, -0.05) is 29.8 Å². The number of rotatable bonds is 3. The average molecular weight is 343 g/mol. The van der Waals surface area contributed by atoms with Crippen molar-refractivity contribution in [3.63, 3.8) is 0 Å². The molecule has 2 atom stereocenters. The number of carbonyl (C=O) groups excluding carboxylic acids is 1. The van der Waals surface area contributed by atoms with E-state index in [4.69, 9.17) is 0 Å². The highest BCUT2D eigenvalue weighted by Crippen LogP contribution is 2.50. The summed E-state index contributed by atoms with van der Waals surface area (Å²) in [6.45, 7) is 7.23. The molecular weight excluding hydrogens is 314 g/mol. The first-order valence-corrected chi connectivity index (χ1v) is 9.47. The predicted molar refractivity (Wildman–Crippen MR) is 97.5 cm³/mol. The van der Waals surface area contributed by atoms with Crippen molar-refractivity contribution in [2.24, 2.45) is 0 Å². The van der Waals surface area contributed by atoms with Crippen molar-refractivity contribution in [2.75, 3.05) is 46.3 Å². The lowest BCUT2D eigenvalue weighted by atomic mass is 9.93. The maximum absolute atomic E-state index is 13.2. The summed E-state index contributed by atoms with van der Waals surface area (Å²) in [6, 6.07) is 8.48. The lowest BCUT2D eigenvalue weighted by Gasteiger charge is -2.37. The minimum Gasteiger partial charge on any atom is -0.390 e. The van der Waals surface area contributed by atoms with Crippen molar-refractivity contribution in [1.82, 2.24) is 14.7 Å². The molecule has 136 valence electrons. The van der Waals surface area contributed by atoms with Gasteiger partial charge in [-0.2, -0.15) is 0 Å². The van der Waals surface area contributed by atoms with Crippen molar-refractivity contribution >= 4 is 5.91 Å². The van der Waals surface area contributed by atoms with Crippen LogP contribution in [0.2, 0.25) is 0 Å². The first kappa shape index (κ1) is 17.0. The minimum atomic E-state index is -0.429. The van der Waals surface area contributed by atoms with E-state index in [1.54, 1.807) is 0 Å². The van der Waals surface area contributed by atoms with Crippen molar-refractivity contribution in [1.29, 1.82) is 0 Å². The van der Waals surface area contributed by atoms with Gasteiger partial charge in [0.25, 0.3) is 0 Å². The second-order valence-electron chi connectivity index (χ2n) is 8.13. The number of carbonyl (C=O) groups is 1. The zero-order chi connectivity index (χ0) is 17.6. The number of likely N-dealkylation sites (N-methyl/N-ethyl adjacent to an activating group) is 1. The topological polar surface area (TPSA) is 47.0 Å². The average Bonchev–Trinajstić information content (AvgIpc) is 3.33. The Balaban J connectivity index is 1.45. The Kier molecular flexibility index (Phi) is 4.34. The maximum Gasteiger partial charge on any atom is 0.233 e. The molecule has 4 rings (SSSR count). The normalized spacial score (nSPS) is 29.8. The summed E-state index contributed by atoms with van der Waals surface area (Å²) in [5, 5.41) is 10.6. The van der Waals surface area contributed by atoms with E-state index in [-0.39, 0.29) is 17.4 Å². The summed E-state index contributed by atoms with van der Waals surface area (Å²) in [5.41, 5.74) is 2.03. The van der Waals surface area contributed by atoms with E-state index >= 15 is 0 Å². The van der Waals surface area contributed by atoms with Crippen LogP contribution in [0.5, 0.6) is 0 Å². The van der Waals surface area contributed by atoms with Gasteiger partial charge in [0.15, 0.2) is 0 Å². The van der Waals surface area contributed by atoms with E-state index in [1.807, 2.05) is 4.90 Å². The number of aliphatic hydroxyl groups is 1. The van der Waals surface area contributed by atoms with Crippen molar-refractivity contribution in [3.05, 3.63) is 35.4 Å². The van der Waals surface area contributed by atoms with E-state index in [2.05, 4.69) is 48.0 Å². The van der Waals surface area contributed by atoms with Crippen LogP contribution in [-0.2, 0) is 10.2 Å². The van der Waals surface area contributed by atoms with Gasteiger partial charge >= 0.3 is 0 Å². The molecule has 2 aliphatic heterocycles. The summed E-state index contributed by atoms with van der Waals surface area (Å²) < 4.78 is 0. The zero-order valence-electron chi connectivity index (χ0n) is 15.3. The van der Waals surface area contributed by atoms with Gasteiger partial charge < -0.3 is 14.9 Å². The molecule has 0 bridgehead atoms. The van der Waals surface area contributed by atoms with Crippen LogP contribution in [0.4, 0.5) is 0 Å². The number of β-amino-alcohol motifs (C(OH)–C–C–N with tert-alkyl or cyclic N) is 1. The third-order valence-corrected chi connectivity index (χ3v) is 6.32. The zero-order valence-corrected chi connectivity index (χ0v) is 15.3. The Hall–Kier alpha value is -1.43. The highest BCUT2D eigenvalue weighted by atomic mass is 16.3. The molecule has 0 spiro atoms. The van der Waals surface area contributed by atoms with Crippen LogP contribution in [-0.4, -0.2) is 84.2 Å². The van der Waals surface area contributed by atoms with Gasteiger partial charge in [-0.3, -0.25) is 9.69 Å². The van der Waals surface area contributed by atoms with E-state index in [9.17, 15) is 9.90 Å². The molecule has 1 aromatic carbocycles. The molecule has 5 nitrogen and oxygen atoms in total. The first-order valence-electron chi connectivity index (χ1n) is 9.47. The van der Waals surface area contributed by atoms with Gasteiger partial charge in [0.2, 0.25) is 5.91 Å². The molecule has 2 heterocycles. The summed E-state index contributed by atoms with van der Waals surface area (Å²) in [7, 11) is 2.14. The van der Waals surface area contributed by atoms with Crippen LogP contribution in [0, 0.1) is 6.92 Å². The number of piperazine rings is 1. The second kappa shape index (κ2) is 6.38. The SMILES string of the molecule is Cc1ccc(C2(C(=O)N3C[C@@H](O)[C@H](N4CCN(C)CC4)C3)CC2)cc1. The molecule has 1 aliphatic carbocycles. The molecule has 2 saturated heterocycles. The molecule has 3 aliphatic rings. The van der Waals surface area contributed by atoms with Gasteiger partial charge in [-0.25, -0.2) is 0 Å². The predicted octanol–water partition coefficient (Wildman–Crippen LogP) is 0.846. The van der Waals surface area contributed by atoms with Crippen LogP contribution in [0.25, 0.3) is 0 Å².